The summed E-state index contributed by atoms with van der Waals surface area (Å²) in [5.41, 5.74) is 2.37. The highest BCUT2D eigenvalue weighted by molar-refractivity contribution is 9.10. The summed E-state index contributed by atoms with van der Waals surface area (Å²) in [4.78, 5) is 0.546. The predicted molar refractivity (Wildman–Crippen MR) is 71.5 cm³/mol. The highest BCUT2D eigenvalue weighted by atomic mass is 79.9. The van der Waals surface area contributed by atoms with Crippen molar-refractivity contribution in [3.8, 4) is 0 Å². The van der Waals surface area contributed by atoms with Crippen LogP contribution < -0.4 is 0 Å². The van der Waals surface area contributed by atoms with Gasteiger partial charge in [0.05, 0.1) is 15.9 Å². The summed E-state index contributed by atoms with van der Waals surface area (Å²) in [7, 11) is 2.01. The van der Waals surface area contributed by atoms with Gasteiger partial charge in [-0.1, -0.05) is 36.2 Å². The molecule has 1 heterocycles. The standard InChI is InChI=1S/C11H18Br2N2/c1-5-9(7(2)12)6-10-11(13)8(3)14-15(10)4/h7,9H,5-6H2,1-4H3. The smallest absolute Gasteiger partial charge is 0.0738 e. The van der Waals surface area contributed by atoms with Crippen LogP contribution in [0.5, 0.6) is 0 Å². The molecule has 86 valence electrons. The zero-order valence-corrected chi connectivity index (χ0v) is 12.9. The van der Waals surface area contributed by atoms with Gasteiger partial charge >= 0.3 is 0 Å². The van der Waals surface area contributed by atoms with Crippen molar-refractivity contribution in [1.29, 1.82) is 0 Å². The van der Waals surface area contributed by atoms with Crippen LogP contribution in [0.4, 0.5) is 0 Å². The Balaban J connectivity index is 2.88. The molecule has 0 saturated carbocycles. The summed E-state index contributed by atoms with van der Waals surface area (Å²) in [6, 6.07) is 0. The normalized spacial score (nSPS) is 15.3. The number of halogens is 2. The molecule has 0 radical (unpaired) electrons. The van der Waals surface area contributed by atoms with Crippen molar-refractivity contribution >= 4 is 31.9 Å². The van der Waals surface area contributed by atoms with E-state index in [1.165, 1.54) is 12.1 Å². The third-order valence-corrected chi connectivity index (χ3v) is 4.67. The number of aromatic nitrogens is 2. The van der Waals surface area contributed by atoms with Gasteiger partial charge < -0.3 is 0 Å². The van der Waals surface area contributed by atoms with Gasteiger partial charge in [0, 0.05) is 11.9 Å². The number of hydrogen-bond acceptors (Lipinski definition) is 1. The van der Waals surface area contributed by atoms with Crippen LogP contribution in [0.2, 0.25) is 0 Å². The number of nitrogens with zero attached hydrogens (tertiary/aromatic N) is 2. The largest absolute Gasteiger partial charge is 0.271 e. The molecule has 1 rings (SSSR count). The first-order valence-corrected chi connectivity index (χ1v) is 7.00. The number of hydrogen-bond donors (Lipinski definition) is 0. The lowest BCUT2D eigenvalue weighted by atomic mass is 9.97. The minimum Gasteiger partial charge on any atom is -0.271 e. The Labute approximate surface area is 109 Å². The van der Waals surface area contributed by atoms with Gasteiger partial charge in [-0.25, -0.2) is 0 Å². The van der Waals surface area contributed by atoms with E-state index in [0.717, 1.165) is 16.6 Å². The number of alkyl halides is 1. The molecule has 0 bridgehead atoms. The monoisotopic (exact) mass is 336 g/mol. The van der Waals surface area contributed by atoms with Gasteiger partial charge in [0.25, 0.3) is 0 Å². The molecule has 0 aliphatic carbocycles. The molecule has 2 nitrogen and oxygen atoms in total. The van der Waals surface area contributed by atoms with E-state index in [2.05, 4.69) is 50.8 Å². The molecule has 0 N–H and O–H groups in total. The fraction of sp³-hybridized carbons (Fsp3) is 0.727. The van der Waals surface area contributed by atoms with Gasteiger partial charge in [0.2, 0.25) is 0 Å². The Morgan fingerprint density at radius 3 is 2.40 bits per heavy atom. The third-order valence-electron chi connectivity index (χ3n) is 2.89. The van der Waals surface area contributed by atoms with Crippen LogP contribution in [-0.2, 0) is 13.5 Å². The Bertz CT molecular complexity index is 332. The van der Waals surface area contributed by atoms with E-state index in [1.807, 2.05) is 18.7 Å². The lowest BCUT2D eigenvalue weighted by molar-refractivity contribution is 0.488. The molecule has 0 amide bonds. The lowest BCUT2D eigenvalue weighted by Gasteiger charge is -2.17. The van der Waals surface area contributed by atoms with E-state index in [9.17, 15) is 0 Å². The quantitative estimate of drug-likeness (QED) is 0.763. The second-order valence-corrected chi connectivity index (χ2v) is 6.26. The predicted octanol–water partition coefficient (Wildman–Crippen LogP) is 3.84. The number of aryl methyl sites for hydroxylation is 2. The fourth-order valence-corrected chi connectivity index (χ4v) is 2.84. The van der Waals surface area contributed by atoms with E-state index in [0.29, 0.717) is 10.7 Å². The second-order valence-electron chi connectivity index (χ2n) is 4.02. The van der Waals surface area contributed by atoms with Crippen molar-refractivity contribution in [3.63, 3.8) is 0 Å². The molecular formula is C11H18Br2N2. The van der Waals surface area contributed by atoms with Crippen molar-refractivity contribution in [1.82, 2.24) is 9.78 Å². The summed E-state index contributed by atoms with van der Waals surface area (Å²) in [5, 5.41) is 4.41. The average Bonchev–Trinajstić information content (AvgIpc) is 2.39. The molecule has 0 aliphatic rings. The van der Waals surface area contributed by atoms with Crippen LogP contribution in [0.1, 0.15) is 31.7 Å². The molecule has 2 atom stereocenters. The molecule has 1 aromatic heterocycles. The Morgan fingerprint density at radius 2 is 2.07 bits per heavy atom. The maximum absolute atomic E-state index is 4.41. The van der Waals surface area contributed by atoms with Crippen LogP contribution in [-0.4, -0.2) is 14.6 Å². The summed E-state index contributed by atoms with van der Waals surface area (Å²) in [6.45, 7) is 6.48. The summed E-state index contributed by atoms with van der Waals surface area (Å²) < 4.78 is 3.15. The van der Waals surface area contributed by atoms with E-state index < -0.39 is 0 Å². The highest BCUT2D eigenvalue weighted by Gasteiger charge is 2.18. The molecular weight excluding hydrogens is 320 g/mol. The molecule has 0 aliphatic heterocycles. The topological polar surface area (TPSA) is 17.8 Å². The second kappa shape index (κ2) is 5.48. The Hall–Kier alpha value is 0.170. The van der Waals surface area contributed by atoms with Crippen LogP contribution in [0.15, 0.2) is 4.47 Å². The summed E-state index contributed by atoms with van der Waals surface area (Å²) in [6.07, 6.45) is 2.25. The van der Waals surface area contributed by atoms with Crippen LogP contribution in [0.3, 0.4) is 0 Å². The molecule has 15 heavy (non-hydrogen) atoms. The third kappa shape index (κ3) is 3.06. The van der Waals surface area contributed by atoms with Gasteiger partial charge in [-0.3, -0.25) is 4.68 Å². The average molecular weight is 338 g/mol. The van der Waals surface area contributed by atoms with Crippen LogP contribution in [0.25, 0.3) is 0 Å². The van der Waals surface area contributed by atoms with Gasteiger partial charge in [-0.05, 0) is 35.2 Å². The molecule has 0 spiro atoms. The molecule has 4 heteroatoms. The lowest BCUT2D eigenvalue weighted by Crippen LogP contribution is -2.15. The van der Waals surface area contributed by atoms with Gasteiger partial charge in [-0.2, -0.15) is 5.10 Å². The Kier molecular flexibility index (Phi) is 4.84. The first-order valence-electron chi connectivity index (χ1n) is 5.29. The van der Waals surface area contributed by atoms with Gasteiger partial charge in [-0.15, -0.1) is 0 Å². The van der Waals surface area contributed by atoms with Gasteiger partial charge in [0.1, 0.15) is 0 Å². The van der Waals surface area contributed by atoms with E-state index in [4.69, 9.17) is 0 Å². The van der Waals surface area contributed by atoms with E-state index >= 15 is 0 Å². The first kappa shape index (κ1) is 13.2. The minimum absolute atomic E-state index is 0.546. The SMILES string of the molecule is CCC(Cc1c(Br)c(C)nn1C)C(C)Br. The highest BCUT2D eigenvalue weighted by Crippen LogP contribution is 2.27. The zero-order valence-electron chi connectivity index (χ0n) is 9.72. The van der Waals surface area contributed by atoms with E-state index in [-0.39, 0.29) is 0 Å². The zero-order chi connectivity index (χ0) is 11.6. The van der Waals surface area contributed by atoms with E-state index in [1.54, 1.807) is 0 Å². The first-order chi connectivity index (χ1) is 6.97. The maximum atomic E-state index is 4.41. The molecule has 0 saturated heterocycles. The molecule has 0 fully saturated rings. The van der Waals surface area contributed by atoms with Crippen molar-refractivity contribution in [3.05, 3.63) is 15.9 Å². The number of rotatable bonds is 4. The molecule has 2 unspecified atom stereocenters. The maximum Gasteiger partial charge on any atom is 0.0738 e. The van der Waals surface area contributed by atoms with Crippen molar-refractivity contribution < 1.29 is 0 Å². The summed E-state index contributed by atoms with van der Waals surface area (Å²) >= 11 is 7.28. The fourth-order valence-electron chi connectivity index (χ4n) is 1.78. The van der Waals surface area contributed by atoms with Crippen molar-refractivity contribution in [2.45, 2.75) is 38.4 Å². The van der Waals surface area contributed by atoms with Crippen LogP contribution in [0, 0.1) is 12.8 Å². The molecule has 1 aromatic rings. The Morgan fingerprint density at radius 1 is 1.47 bits per heavy atom. The van der Waals surface area contributed by atoms with Crippen LogP contribution >= 0.6 is 31.9 Å². The van der Waals surface area contributed by atoms with Gasteiger partial charge in [0.15, 0.2) is 0 Å². The molecule has 0 aromatic carbocycles. The minimum atomic E-state index is 0.546. The van der Waals surface area contributed by atoms with Crippen molar-refractivity contribution in [2.75, 3.05) is 0 Å². The van der Waals surface area contributed by atoms with Crippen molar-refractivity contribution in [2.24, 2.45) is 13.0 Å². The summed E-state index contributed by atoms with van der Waals surface area (Å²) in [5.74, 6) is 0.663.